The lowest BCUT2D eigenvalue weighted by molar-refractivity contribution is 0.249. The lowest BCUT2D eigenvalue weighted by Crippen LogP contribution is -2.30. The number of benzene rings is 1. The van der Waals surface area contributed by atoms with Gasteiger partial charge < -0.3 is 10.4 Å². The van der Waals surface area contributed by atoms with E-state index in [1.54, 1.807) is 10.7 Å². The van der Waals surface area contributed by atoms with Crippen LogP contribution in [0.25, 0.3) is 16.9 Å². The van der Waals surface area contributed by atoms with Gasteiger partial charge in [-0.25, -0.2) is 9.50 Å². The largest absolute Gasteiger partial charge is 0.394 e. The molecule has 0 aliphatic rings. The maximum atomic E-state index is 9.47. The standard InChI is InChI=1S/C17H19ClN4O/c1-11(2)14(10-23)20-16-6-7-17-19-9-15(22(17)21-16)12-4-3-5-13(18)8-12/h3-9,11,14,23H,10H2,1-2H3,(H,20,21)/t14-/m1/s1. The van der Waals surface area contributed by atoms with Crippen LogP contribution in [0.1, 0.15) is 13.8 Å². The number of fused-ring (bicyclic) bond motifs is 1. The number of nitrogens with one attached hydrogen (secondary N) is 1. The summed E-state index contributed by atoms with van der Waals surface area (Å²) >= 11 is 6.08. The van der Waals surface area contributed by atoms with Crippen LogP contribution in [0.4, 0.5) is 5.82 Å². The Hall–Kier alpha value is -2.11. The van der Waals surface area contributed by atoms with Crippen molar-refractivity contribution in [1.82, 2.24) is 14.6 Å². The highest BCUT2D eigenvalue weighted by Gasteiger charge is 2.14. The average molecular weight is 331 g/mol. The Labute approximate surface area is 139 Å². The number of imidazole rings is 1. The first-order valence-electron chi connectivity index (χ1n) is 7.56. The van der Waals surface area contributed by atoms with Gasteiger partial charge in [-0.15, -0.1) is 5.10 Å². The maximum Gasteiger partial charge on any atom is 0.154 e. The van der Waals surface area contributed by atoms with E-state index in [0.29, 0.717) is 16.8 Å². The molecule has 1 aromatic carbocycles. The molecule has 0 saturated carbocycles. The van der Waals surface area contributed by atoms with Crippen molar-refractivity contribution in [3.8, 4) is 11.3 Å². The predicted molar refractivity (Wildman–Crippen MR) is 92.8 cm³/mol. The molecule has 2 aromatic heterocycles. The van der Waals surface area contributed by atoms with Crippen molar-refractivity contribution in [3.05, 3.63) is 47.6 Å². The van der Waals surface area contributed by atoms with Gasteiger partial charge in [-0.3, -0.25) is 0 Å². The number of aliphatic hydroxyl groups is 1. The topological polar surface area (TPSA) is 62.5 Å². The Bertz CT molecular complexity index is 815. The summed E-state index contributed by atoms with van der Waals surface area (Å²) in [5.74, 6) is 0.999. The molecular formula is C17H19ClN4O. The number of aromatic nitrogens is 3. The zero-order valence-electron chi connectivity index (χ0n) is 13.1. The van der Waals surface area contributed by atoms with Crippen molar-refractivity contribution in [2.75, 3.05) is 11.9 Å². The number of halogens is 1. The van der Waals surface area contributed by atoms with Crippen molar-refractivity contribution >= 4 is 23.1 Å². The molecule has 0 aliphatic heterocycles. The molecule has 6 heteroatoms. The second-order valence-corrected chi connectivity index (χ2v) is 6.26. The fraction of sp³-hybridized carbons (Fsp3) is 0.294. The molecule has 0 aliphatic carbocycles. The van der Waals surface area contributed by atoms with Crippen LogP contribution >= 0.6 is 11.6 Å². The first kappa shape index (κ1) is 15.8. The van der Waals surface area contributed by atoms with Gasteiger partial charge in [0.25, 0.3) is 0 Å². The fourth-order valence-electron chi connectivity index (χ4n) is 2.41. The van der Waals surface area contributed by atoms with Gasteiger partial charge in [0.1, 0.15) is 5.82 Å². The maximum absolute atomic E-state index is 9.47. The van der Waals surface area contributed by atoms with Crippen LogP contribution in [0.15, 0.2) is 42.6 Å². The zero-order chi connectivity index (χ0) is 16.4. The summed E-state index contributed by atoms with van der Waals surface area (Å²) < 4.78 is 1.78. The Morgan fingerprint density at radius 1 is 1.26 bits per heavy atom. The highest BCUT2D eigenvalue weighted by Crippen LogP contribution is 2.24. The summed E-state index contributed by atoms with van der Waals surface area (Å²) in [4.78, 5) is 4.38. The van der Waals surface area contributed by atoms with E-state index < -0.39 is 0 Å². The lowest BCUT2D eigenvalue weighted by atomic mass is 10.1. The van der Waals surface area contributed by atoms with E-state index in [1.807, 2.05) is 36.4 Å². The van der Waals surface area contributed by atoms with Gasteiger partial charge in [0.2, 0.25) is 0 Å². The predicted octanol–water partition coefficient (Wildman–Crippen LogP) is 3.48. The fourth-order valence-corrected chi connectivity index (χ4v) is 2.60. The molecule has 1 atom stereocenters. The molecule has 0 saturated heterocycles. The summed E-state index contributed by atoms with van der Waals surface area (Å²) in [5.41, 5.74) is 2.59. The molecule has 3 aromatic rings. The van der Waals surface area contributed by atoms with E-state index in [4.69, 9.17) is 11.6 Å². The number of hydrogen-bond donors (Lipinski definition) is 2. The van der Waals surface area contributed by atoms with Crippen LogP contribution < -0.4 is 5.32 Å². The summed E-state index contributed by atoms with van der Waals surface area (Å²) in [6.45, 7) is 4.17. The molecule has 0 bridgehead atoms. The van der Waals surface area contributed by atoms with E-state index in [1.165, 1.54) is 0 Å². The SMILES string of the molecule is CC(C)[C@@H](CO)Nc1ccc2ncc(-c3cccc(Cl)c3)n2n1. The van der Waals surface area contributed by atoms with Gasteiger partial charge in [-0.1, -0.05) is 37.6 Å². The van der Waals surface area contributed by atoms with Crippen LogP contribution in [-0.4, -0.2) is 32.4 Å². The summed E-state index contributed by atoms with van der Waals surface area (Å²) in [7, 11) is 0. The van der Waals surface area contributed by atoms with Crippen LogP contribution in [0.5, 0.6) is 0 Å². The van der Waals surface area contributed by atoms with Crippen LogP contribution in [0.2, 0.25) is 5.02 Å². The highest BCUT2D eigenvalue weighted by atomic mass is 35.5. The average Bonchev–Trinajstić information content (AvgIpc) is 2.95. The summed E-state index contributed by atoms with van der Waals surface area (Å²) in [5, 5.41) is 18.0. The van der Waals surface area contributed by atoms with Crippen LogP contribution in [0.3, 0.4) is 0 Å². The molecule has 2 heterocycles. The Balaban J connectivity index is 2.00. The molecule has 0 amide bonds. The van der Waals surface area contributed by atoms with E-state index in [-0.39, 0.29) is 12.6 Å². The third-order valence-corrected chi connectivity index (χ3v) is 4.05. The molecular weight excluding hydrogens is 312 g/mol. The number of aliphatic hydroxyl groups excluding tert-OH is 1. The molecule has 3 rings (SSSR count). The first-order valence-corrected chi connectivity index (χ1v) is 7.94. The molecule has 5 nitrogen and oxygen atoms in total. The van der Waals surface area contributed by atoms with Gasteiger partial charge in [-0.2, -0.15) is 0 Å². The van der Waals surface area contributed by atoms with E-state index >= 15 is 0 Å². The normalized spacial score (nSPS) is 12.7. The minimum absolute atomic E-state index is 0.0434. The molecule has 0 spiro atoms. The minimum atomic E-state index is -0.0434. The van der Waals surface area contributed by atoms with Crippen molar-refractivity contribution < 1.29 is 5.11 Å². The molecule has 23 heavy (non-hydrogen) atoms. The Kier molecular flexibility index (Phi) is 4.50. The van der Waals surface area contributed by atoms with Crippen LogP contribution in [0, 0.1) is 5.92 Å². The van der Waals surface area contributed by atoms with Crippen molar-refractivity contribution in [2.45, 2.75) is 19.9 Å². The summed E-state index contributed by atoms with van der Waals surface area (Å²) in [6, 6.07) is 11.3. The highest BCUT2D eigenvalue weighted by molar-refractivity contribution is 6.30. The molecule has 0 radical (unpaired) electrons. The monoisotopic (exact) mass is 330 g/mol. The number of rotatable bonds is 5. The minimum Gasteiger partial charge on any atom is -0.394 e. The van der Waals surface area contributed by atoms with Gasteiger partial charge in [0.05, 0.1) is 24.5 Å². The molecule has 0 unspecified atom stereocenters. The number of hydrogen-bond acceptors (Lipinski definition) is 4. The second-order valence-electron chi connectivity index (χ2n) is 5.82. The Morgan fingerprint density at radius 2 is 2.09 bits per heavy atom. The smallest absolute Gasteiger partial charge is 0.154 e. The third-order valence-electron chi connectivity index (χ3n) is 3.82. The summed E-state index contributed by atoms with van der Waals surface area (Å²) in [6.07, 6.45) is 1.78. The third kappa shape index (κ3) is 3.30. The van der Waals surface area contributed by atoms with Gasteiger partial charge in [0, 0.05) is 10.6 Å². The van der Waals surface area contributed by atoms with Crippen LogP contribution in [-0.2, 0) is 0 Å². The van der Waals surface area contributed by atoms with E-state index in [2.05, 4.69) is 29.2 Å². The second kappa shape index (κ2) is 6.56. The first-order chi connectivity index (χ1) is 11.1. The lowest BCUT2D eigenvalue weighted by Gasteiger charge is -2.20. The zero-order valence-corrected chi connectivity index (χ0v) is 13.8. The number of nitrogens with zero attached hydrogens (tertiary/aromatic N) is 3. The quantitative estimate of drug-likeness (QED) is 0.752. The molecule has 120 valence electrons. The molecule has 2 N–H and O–H groups in total. The van der Waals surface area contributed by atoms with Crippen molar-refractivity contribution in [3.63, 3.8) is 0 Å². The molecule has 0 fully saturated rings. The van der Waals surface area contributed by atoms with Crippen molar-refractivity contribution in [2.24, 2.45) is 5.92 Å². The van der Waals surface area contributed by atoms with Gasteiger partial charge >= 0.3 is 0 Å². The van der Waals surface area contributed by atoms with Crippen molar-refractivity contribution in [1.29, 1.82) is 0 Å². The van der Waals surface area contributed by atoms with Gasteiger partial charge in [-0.05, 0) is 30.2 Å². The van der Waals surface area contributed by atoms with E-state index in [0.717, 1.165) is 16.9 Å². The van der Waals surface area contributed by atoms with E-state index in [9.17, 15) is 5.11 Å². The Morgan fingerprint density at radius 3 is 2.78 bits per heavy atom. The van der Waals surface area contributed by atoms with Gasteiger partial charge in [0.15, 0.2) is 5.65 Å². The number of anilines is 1.